The number of sulfonamides is 1. The second-order valence-electron chi connectivity index (χ2n) is 10.5. The highest BCUT2D eigenvalue weighted by atomic mass is 32.2. The number of hydrogen-bond acceptors (Lipinski definition) is 10. The molecule has 2 aromatic rings. The highest BCUT2D eigenvalue weighted by Gasteiger charge is 2.42. The third kappa shape index (κ3) is 6.03. The number of aromatic nitrogens is 1. The Morgan fingerprint density at radius 3 is 2.75 bits per heavy atom. The minimum Gasteiger partial charge on any atom is -0.491 e. The molecule has 40 heavy (non-hydrogen) atoms. The lowest BCUT2D eigenvalue weighted by atomic mass is 10.1. The Kier molecular flexibility index (Phi) is 8.36. The van der Waals surface area contributed by atoms with Crippen molar-refractivity contribution in [3.05, 3.63) is 42.1 Å². The van der Waals surface area contributed by atoms with Crippen LogP contribution in [0.3, 0.4) is 0 Å². The molecule has 1 aromatic heterocycles. The van der Waals surface area contributed by atoms with E-state index in [-0.39, 0.29) is 17.1 Å². The molecule has 0 bridgehead atoms. The largest absolute Gasteiger partial charge is 0.491 e. The van der Waals surface area contributed by atoms with Crippen molar-refractivity contribution in [2.45, 2.75) is 41.6 Å². The third-order valence-corrected chi connectivity index (χ3v) is 11.9. The summed E-state index contributed by atoms with van der Waals surface area (Å²) in [5.74, 6) is 2.12. The number of anilines is 2. The van der Waals surface area contributed by atoms with Crippen LogP contribution in [0, 0.1) is 0 Å². The quantitative estimate of drug-likeness (QED) is 0.386. The van der Waals surface area contributed by atoms with Crippen molar-refractivity contribution in [2.75, 3.05) is 67.6 Å². The Morgan fingerprint density at radius 1 is 1.20 bits per heavy atom. The Hall–Kier alpha value is -2.19. The number of thioether (sulfide) groups is 1. The van der Waals surface area contributed by atoms with E-state index in [9.17, 15) is 12.6 Å². The van der Waals surface area contributed by atoms with Crippen molar-refractivity contribution in [2.24, 2.45) is 4.99 Å². The minimum atomic E-state index is -3.88. The third-order valence-electron chi connectivity index (χ3n) is 7.52. The summed E-state index contributed by atoms with van der Waals surface area (Å²) in [6.45, 7) is 4.26. The number of pyridine rings is 1. The number of ether oxygens (including phenoxy) is 2. The van der Waals surface area contributed by atoms with Gasteiger partial charge in [0.15, 0.2) is 5.03 Å². The molecule has 1 aromatic carbocycles. The molecule has 1 saturated carbocycles. The van der Waals surface area contributed by atoms with Gasteiger partial charge < -0.3 is 19.7 Å². The summed E-state index contributed by atoms with van der Waals surface area (Å²) >= 11 is 1.81. The highest BCUT2D eigenvalue weighted by Crippen LogP contribution is 2.46. The van der Waals surface area contributed by atoms with Gasteiger partial charge in [-0.25, -0.2) is 4.98 Å². The van der Waals surface area contributed by atoms with E-state index in [2.05, 4.69) is 15.2 Å². The van der Waals surface area contributed by atoms with Crippen LogP contribution in [0.4, 0.5) is 11.4 Å². The summed E-state index contributed by atoms with van der Waals surface area (Å²) in [4.78, 5) is 11.5. The molecule has 1 N–H and O–H groups in total. The predicted octanol–water partition coefficient (Wildman–Crippen LogP) is 2.38. The molecule has 4 heterocycles. The number of benzene rings is 1. The van der Waals surface area contributed by atoms with Crippen molar-refractivity contribution >= 4 is 49.0 Å². The van der Waals surface area contributed by atoms with Gasteiger partial charge in [0.1, 0.15) is 12.4 Å². The van der Waals surface area contributed by atoms with Crippen molar-refractivity contribution in [3.63, 3.8) is 0 Å². The average Bonchev–Trinajstić information content (AvgIpc) is 3.50. The Morgan fingerprint density at radius 2 is 2.02 bits per heavy atom. The summed E-state index contributed by atoms with van der Waals surface area (Å²) in [5, 5.41) is 5.11. The molecule has 2 unspecified atom stereocenters. The minimum absolute atomic E-state index is 0.0227. The molecule has 10 nitrogen and oxygen atoms in total. The van der Waals surface area contributed by atoms with E-state index in [1.165, 1.54) is 6.20 Å². The van der Waals surface area contributed by atoms with Crippen LogP contribution in [0.2, 0.25) is 0 Å². The molecule has 1 saturated heterocycles. The van der Waals surface area contributed by atoms with Gasteiger partial charge in [0.2, 0.25) is 0 Å². The van der Waals surface area contributed by atoms with Crippen LogP contribution in [-0.4, -0.2) is 103 Å². The molecule has 6 rings (SSSR count). The van der Waals surface area contributed by atoms with Crippen LogP contribution in [0.5, 0.6) is 5.75 Å². The number of nitrogens with zero attached hydrogens (tertiary/aromatic N) is 4. The van der Waals surface area contributed by atoms with Crippen LogP contribution >= 0.6 is 11.8 Å². The van der Waals surface area contributed by atoms with Crippen molar-refractivity contribution in [3.8, 4) is 5.75 Å². The molecule has 3 aliphatic heterocycles. The van der Waals surface area contributed by atoms with Gasteiger partial charge in [-0.15, -0.1) is 11.8 Å². The lowest BCUT2D eigenvalue weighted by molar-refractivity contribution is 0.146. The van der Waals surface area contributed by atoms with Crippen molar-refractivity contribution in [1.82, 2.24) is 9.88 Å². The van der Waals surface area contributed by atoms with Crippen LogP contribution < -0.4 is 14.4 Å². The van der Waals surface area contributed by atoms with E-state index in [0.29, 0.717) is 36.3 Å². The fourth-order valence-electron chi connectivity index (χ4n) is 5.38. The first-order valence-corrected chi connectivity index (χ1v) is 17.5. The maximum Gasteiger partial charge on any atom is 0.282 e. The summed E-state index contributed by atoms with van der Waals surface area (Å²) < 4.78 is 52.2. The van der Waals surface area contributed by atoms with Gasteiger partial charge in [0.05, 0.1) is 35.6 Å². The molecular weight excluding hydrogens is 571 g/mol. The predicted molar refractivity (Wildman–Crippen MR) is 160 cm³/mol. The zero-order valence-electron chi connectivity index (χ0n) is 22.5. The number of hydrogen-bond donors (Lipinski definition) is 1. The number of nitrogens with one attached hydrogen (secondary N) is 1. The van der Waals surface area contributed by atoms with Crippen LogP contribution in [0.15, 0.2) is 46.5 Å². The molecule has 2 atom stereocenters. The molecule has 2 fully saturated rings. The molecule has 0 spiro atoms. The highest BCUT2D eigenvalue weighted by molar-refractivity contribution is 8.15. The van der Waals surface area contributed by atoms with E-state index in [1.807, 2.05) is 23.9 Å². The second-order valence-corrected chi connectivity index (χ2v) is 15.3. The van der Waals surface area contributed by atoms with E-state index >= 15 is 0 Å². The molecule has 0 amide bonds. The first-order valence-electron chi connectivity index (χ1n) is 13.7. The van der Waals surface area contributed by atoms with Gasteiger partial charge in [0, 0.05) is 79.0 Å². The number of rotatable bonds is 11. The number of fused-ring (bicyclic) bond motifs is 1. The first-order chi connectivity index (χ1) is 19.4. The number of aliphatic imine (C=N–C) groups is 1. The summed E-state index contributed by atoms with van der Waals surface area (Å²) in [5.41, 5.74) is 2.44. The van der Waals surface area contributed by atoms with Crippen LogP contribution in [-0.2, 0) is 32.0 Å². The lowest BCUT2D eigenvalue weighted by Crippen LogP contribution is -2.41. The fourth-order valence-corrected chi connectivity index (χ4v) is 9.39. The zero-order chi connectivity index (χ0) is 27.7. The SMILES string of the molecule is COCCOc1cc2c(c(N(C3CC3)S(=O)(=O)c3ccccn3)c1)NC(C1=NCC(CN3CCS(=O)CC3)S1)C2. The van der Waals surface area contributed by atoms with Gasteiger partial charge in [-0.3, -0.25) is 13.5 Å². The van der Waals surface area contributed by atoms with Gasteiger partial charge in [0.25, 0.3) is 10.0 Å². The average molecular weight is 606 g/mol. The van der Waals surface area contributed by atoms with E-state index < -0.39 is 20.8 Å². The van der Waals surface area contributed by atoms with Crippen LogP contribution in [0.25, 0.3) is 0 Å². The molecule has 216 valence electrons. The zero-order valence-corrected chi connectivity index (χ0v) is 25.0. The Balaban J connectivity index is 1.25. The van der Waals surface area contributed by atoms with Gasteiger partial charge in [-0.05, 0) is 36.6 Å². The van der Waals surface area contributed by atoms with E-state index in [4.69, 9.17) is 14.5 Å². The summed E-state index contributed by atoms with van der Waals surface area (Å²) in [6, 6.07) is 8.65. The van der Waals surface area contributed by atoms with Gasteiger partial charge in [-0.2, -0.15) is 8.42 Å². The molecule has 1 aliphatic carbocycles. The first kappa shape index (κ1) is 28.0. The molecule has 13 heteroatoms. The van der Waals surface area contributed by atoms with Crippen LogP contribution in [0.1, 0.15) is 18.4 Å². The monoisotopic (exact) mass is 605 g/mol. The van der Waals surface area contributed by atoms with Gasteiger partial charge in [-0.1, -0.05) is 6.07 Å². The van der Waals surface area contributed by atoms with E-state index in [1.54, 1.807) is 29.6 Å². The maximum absolute atomic E-state index is 13.9. The van der Waals surface area contributed by atoms with Crippen molar-refractivity contribution in [1.29, 1.82) is 0 Å². The standard InChI is InChI=1S/C27H35N5O5S3/c1-36-10-11-37-21-14-19-15-23(27-29-17-22(38-27)18-31-8-12-39(33)13-9-31)30-26(19)24(16-21)32(20-5-6-20)40(34,35)25-4-2-3-7-28-25/h2-4,7,14,16,20,22-23,30H,5-6,8-13,15,17-18H2,1H3. The smallest absolute Gasteiger partial charge is 0.282 e. The van der Waals surface area contributed by atoms with E-state index in [0.717, 1.165) is 66.8 Å². The molecule has 4 aliphatic rings. The molecule has 0 radical (unpaired) electrons. The number of methoxy groups -OCH3 is 1. The fraction of sp³-hybridized carbons (Fsp3) is 0.556. The summed E-state index contributed by atoms with van der Waals surface area (Å²) in [7, 11) is -2.94. The normalized spacial score (nSPS) is 23.5. The topological polar surface area (TPSA) is 113 Å². The maximum atomic E-state index is 13.9. The Bertz CT molecular complexity index is 1380. The second kappa shape index (κ2) is 12.0. The summed E-state index contributed by atoms with van der Waals surface area (Å²) in [6.07, 6.45) is 3.81. The Labute approximate surface area is 242 Å². The molecular formula is C27H35N5O5S3. The van der Waals surface area contributed by atoms with Gasteiger partial charge >= 0.3 is 0 Å². The van der Waals surface area contributed by atoms with Crippen molar-refractivity contribution < 1.29 is 22.1 Å². The lowest BCUT2D eigenvalue weighted by Gasteiger charge is -2.28.